The van der Waals surface area contributed by atoms with Gasteiger partial charge in [0, 0.05) is 0 Å². The summed E-state index contributed by atoms with van der Waals surface area (Å²) in [6.45, 7) is 2.77. The minimum absolute atomic E-state index is 0.103. The Labute approximate surface area is 185 Å². The van der Waals surface area contributed by atoms with Gasteiger partial charge in [-0.05, 0) is 12.0 Å². The number of carboxylic acids is 1. The van der Waals surface area contributed by atoms with E-state index in [2.05, 4.69) is 6.92 Å². The fourth-order valence-corrected chi connectivity index (χ4v) is 3.97. The summed E-state index contributed by atoms with van der Waals surface area (Å²) in [5.41, 5.74) is 1.10. The van der Waals surface area contributed by atoms with Crippen LogP contribution in [-0.2, 0) is 16.1 Å². The molecule has 1 atom stereocenters. The first-order chi connectivity index (χ1) is 14.7. The Morgan fingerprint density at radius 3 is 1.70 bits per heavy atom. The lowest BCUT2D eigenvalue weighted by molar-refractivity contribution is -0.140. The molecule has 0 spiro atoms. The van der Waals surface area contributed by atoms with Gasteiger partial charge in [0.15, 0.2) is 0 Å². The Hall–Kier alpha value is -1.35. The summed E-state index contributed by atoms with van der Waals surface area (Å²) >= 11 is 0. The summed E-state index contributed by atoms with van der Waals surface area (Å²) in [6, 6.07) is 9.99. The number of ether oxygens (including phenoxy) is 1. The number of benzene rings is 1. The van der Waals surface area contributed by atoms with Crippen LogP contribution in [0.4, 0.5) is 0 Å². The molecule has 3 heteroatoms. The van der Waals surface area contributed by atoms with Gasteiger partial charge in [0.05, 0.1) is 19.1 Å². The number of unbranched alkanes of at least 4 members (excludes halogenated alkanes) is 14. The van der Waals surface area contributed by atoms with Crippen molar-refractivity contribution in [3.05, 3.63) is 35.9 Å². The van der Waals surface area contributed by atoms with Gasteiger partial charge in [-0.3, -0.25) is 4.79 Å². The van der Waals surface area contributed by atoms with Gasteiger partial charge in [0.1, 0.15) is 0 Å². The molecule has 0 radical (unpaired) electrons. The third-order valence-corrected chi connectivity index (χ3v) is 5.86. The topological polar surface area (TPSA) is 46.5 Å². The number of carboxylic acid groups (broad SMARTS) is 1. The van der Waals surface area contributed by atoms with Crippen LogP contribution in [0.2, 0.25) is 0 Å². The van der Waals surface area contributed by atoms with Crippen molar-refractivity contribution in [2.24, 2.45) is 0 Å². The molecule has 0 aromatic heterocycles. The van der Waals surface area contributed by atoms with Crippen molar-refractivity contribution in [1.82, 2.24) is 0 Å². The normalized spacial score (nSPS) is 12.2. The molecular formula is C27H46O3. The van der Waals surface area contributed by atoms with E-state index in [4.69, 9.17) is 9.84 Å². The van der Waals surface area contributed by atoms with Gasteiger partial charge < -0.3 is 9.84 Å². The lowest BCUT2D eigenvalue weighted by atomic mass is 10.0. The fraction of sp³-hybridized carbons (Fsp3) is 0.741. The zero-order chi connectivity index (χ0) is 21.7. The van der Waals surface area contributed by atoms with Crippen molar-refractivity contribution in [2.75, 3.05) is 0 Å². The van der Waals surface area contributed by atoms with Gasteiger partial charge in [-0.2, -0.15) is 0 Å². The molecule has 0 unspecified atom stereocenters. The van der Waals surface area contributed by atoms with Gasteiger partial charge in [-0.1, -0.05) is 134 Å². The molecule has 0 heterocycles. The second kappa shape index (κ2) is 19.6. The van der Waals surface area contributed by atoms with Crippen LogP contribution < -0.4 is 0 Å². The lowest BCUT2D eigenvalue weighted by Gasteiger charge is -2.16. The van der Waals surface area contributed by atoms with E-state index in [9.17, 15) is 4.79 Å². The molecular weight excluding hydrogens is 372 g/mol. The molecule has 1 rings (SSSR count). The maximum absolute atomic E-state index is 11.1. The van der Waals surface area contributed by atoms with E-state index in [0.717, 1.165) is 18.4 Å². The smallest absolute Gasteiger partial charge is 0.305 e. The van der Waals surface area contributed by atoms with Crippen LogP contribution in [0.1, 0.15) is 122 Å². The Kier molecular flexibility index (Phi) is 17.4. The van der Waals surface area contributed by atoms with E-state index in [0.29, 0.717) is 6.61 Å². The molecule has 1 N–H and O–H groups in total. The predicted molar refractivity (Wildman–Crippen MR) is 127 cm³/mol. The number of hydrogen-bond acceptors (Lipinski definition) is 2. The third kappa shape index (κ3) is 16.4. The maximum atomic E-state index is 11.1. The minimum Gasteiger partial charge on any atom is -0.481 e. The van der Waals surface area contributed by atoms with Crippen molar-refractivity contribution in [3.63, 3.8) is 0 Å². The van der Waals surface area contributed by atoms with Crippen LogP contribution >= 0.6 is 0 Å². The molecule has 0 aliphatic rings. The van der Waals surface area contributed by atoms with Crippen molar-refractivity contribution in [3.8, 4) is 0 Å². The molecule has 30 heavy (non-hydrogen) atoms. The molecule has 0 saturated heterocycles. The highest BCUT2D eigenvalue weighted by Crippen LogP contribution is 2.16. The second-order valence-electron chi connectivity index (χ2n) is 8.75. The molecule has 1 aromatic carbocycles. The Morgan fingerprint density at radius 2 is 1.23 bits per heavy atom. The standard InChI is InChI=1S/C27H46O3/c1-2-3-4-5-6-7-8-9-10-11-12-13-14-15-19-22-26(23-27(28)29)30-24-25-20-17-16-18-21-25/h16-18,20-21,26H,2-15,19,22-24H2,1H3,(H,28,29)/t26-/m1/s1. The average molecular weight is 419 g/mol. The van der Waals surface area contributed by atoms with E-state index in [1.807, 2.05) is 30.3 Å². The fourth-order valence-electron chi connectivity index (χ4n) is 3.97. The largest absolute Gasteiger partial charge is 0.481 e. The zero-order valence-corrected chi connectivity index (χ0v) is 19.5. The van der Waals surface area contributed by atoms with Crippen LogP contribution in [0.25, 0.3) is 0 Å². The zero-order valence-electron chi connectivity index (χ0n) is 19.5. The SMILES string of the molecule is CCCCCCCCCCCCCCCCC[C@H](CC(=O)O)OCc1ccccc1. The van der Waals surface area contributed by atoms with Gasteiger partial charge in [-0.25, -0.2) is 0 Å². The van der Waals surface area contributed by atoms with Crippen molar-refractivity contribution >= 4 is 5.97 Å². The number of carbonyl (C=O) groups is 1. The summed E-state index contributed by atoms with van der Waals surface area (Å²) in [5.74, 6) is -0.769. The highest BCUT2D eigenvalue weighted by Gasteiger charge is 2.13. The first-order valence-corrected chi connectivity index (χ1v) is 12.6. The Bertz CT molecular complexity index is 500. The number of rotatable bonds is 21. The quantitative estimate of drug-likeness (QED) is 0.204. The molecule has 0 fully saturated rings. The van der Waals surface area contributed by atoms with Crippen molar-refractivity contribution in [1.29, 1.82) is 0 Å². The summed E-state index contributed by atoms with van der Waals surface area (Å²) in [7, 11) is 0. The Morgan fingerprint density at radius 1 is 0.767 bits per heavy atom. The van der Waals surface area contributed by atoms with Crippen LogP contribution in [0.15, 0.2) is 30.3 Å². The van der Waals surface area contributed by atoms with E-state index in [1.165, 1.54) is 89.9 Å². The van der Waals surface area contributed by atoms with Gasteiger partial charge in [0.2, 0.25) is 0 Å². The summed E-state index contributed by atoms with van der Waals surface area (Å²) in [5, 5.41) is 9.13. The second-order valence-corrected chi connectivity index (χ2v) is 8.75. The van der Waals surface area contributed by atoms with Crippen molar-refractivity contribution in [2.45, 2.75) is 129 Å². The van der Waals surface area contributed by atoms with Crippen LogP contribution in [0.3, 0.4) is 0 Å². The average Bonchev–Trinajstić information content (AvgIpc) is 2.75. The highest BCUT2D eigenvalue weighted by atomic mass is 16.5. The van der Waals surface area contributed by atoms with E-state index < -0.39 is 5.97 Å². The van der Waals surface area contributed by atoms with Gasteiger partial charge in [-0.15, -0.1) is 0 Å². The molecule has 0 aliphatic carbocycles. The van der Waals surface area contributed by atoms with Crippen LogP contribution in [-0.4, -0.2) is 17.2 Å². The first kappa shape index (κ1) is 26.7. The minimum atomic E-state index is -0.769. The number of hydrogen-bond donors (Lipinski definition) is 1. The van der Waals surface area contributed by atoms with E-state index in [-0.39, 0.29) is 12.5 Å². The van der Waals surface area contributed by atoms with Gasteiger partial charge in [0.25, 0.3) is 0 Å². The predicted octanol–water partition coefficient (Wildman–Crippen LogP) is 8.31. The molecule has 172 valence electrons. The van der Waals surface area contributed by atoms with Crippen LogP contribution in [0.5, 0.6) is 0 Å². The maximum Gasteiger partial charge on any atom is 0.305 e. The monoisotopic (exact) mass is 418 g/mol. The van der Waals surface area contributed by atoms with Crippen LogP contribution in [0, 0.1) is 0 Å². The summed E-state index contributed by atoms with van der Waals surface area (Å²) in [4.78, 5) is 11.1. The van der Waals surface area contributed by atoms with Gasteiger partial charge >= 0.3 is 5.97 Å². The summed E-state index contributed by atoms with van der Waals surface area (Å²) < 4.78 is 5.88. The first-order valence-electron chi connectivity index (χ1n) is 12.6. The number of aliphatic carboxylic acids is 1. The molecule has 0 aliphatic heterocycles. The Balaban J connectivity index is 1.94. The van der Waals surface area contributed by atoms with E-state index in [1.54, 1.807) is 0 Å². The van der Waals surface area contributed by atoms with E-state index >= 15 is 0 Å². The molecule has 3 nitrogen and oxygen atoms in total. The van der Waals surface area contributed by atoms with Crippen molar-refractivity contribution < 1.29 is 14.6 Å². The lowest BCUT2D eigenvalue weighted by Crippen LogP contribution is -2.17. The molecule has 0 bridgehead atoms. The summed E-state index contributed by atoms with van der Waals surface area (Å²) in [6.07, 6.45) is 21.0. The highest BCUT2D eigenvalue weighted by molar-refractivity contribution is 5.67. The third-order valence-electron chi connectivity index (χ3n) is 5.86. The molecule has 0 amide bonds. The molecule has 1 aromatic rings. The molecule has 0 saturated carbocycles.